The first-order chi connectivity index (χ1) is 7.79. The van der Waals surface area contributed by atoms with Crippen LogP contribution in [0.3, 0.4) is 0 Å². The predicted octanol–water partition coefficient (Wildman–Crippen LogP) is 1.15. The summed E-state index contributed by atoms with van der Waals surface area (Å²) in [6.45, 7) is 9.16. The van der Waals surface area contributed by atoms with Gasteiger partial charge < -0.3 is 9.80 Å². The Morgan fingerprint density at radius 3 is 2.18 bits per heavy atom. The molecule has 0 aromatic carbocycles. The van der Waals surface area contributed by atoms with Gasteiger partial charge in [-0.1, -0.05) is 0 Å². The zero-order valence-electron chi connectivity index (χ0n) is 12.2. The Hall–Kier alpha value is -0.630. The fourth-order valence-corrected chi connectivity index (χ4v) is 1.69. The highest BCUT2D eigenvalue weighted by molar-refractivity contribution is 5.04. The van der Waals surface area contributed by atoms with E-state index in [1.54, 1.807) is 0 Å². The van der Waals surface area contributed by atoms with E-state index in [4.69, 9.17) is 0 Å². The molecule has 0 radical (unpaired) electrons. The summed E-state index contributed by atoms with van der Waals surface area (Å²) in [7, 11) is 6.26. The molecule has 0 saturated heterocycles. The zero-order valence-corrected chi connectivity index (χ0v) is 12.2. The van der Waals surface area contributed by atoms with Crippen LogP contribution in [0.1, 0.15) is 27.2 Å². The van der Waals surface area contributed by atoms with Crippen LogP contribution >= 0.6 is 0 Å². The van der Waals surface area contributed by atoms with Crippen LogP contribution in [0.4, 0.5) is 0 Å². The number of hydrogen-bond donors (Lipinski definition) is 1. The van der Waals surface area contributed by atoms with Crippen molar-refractivity contribution in [3.05, 3.63) is 0 Å². The lowest BCUT2D eigenvalue weighted by Gasteiger charge is -2.28. The molecule has 0 aliphatic heterocycles. The molecule has 0 aromatic rings. The van der Waals surface area contributed by atoms with Gasteiger partial charge in [-0.3, -0.25) is 5.32 Å². The lowest BCUT2D eigenvalue weighted by molar-refractivity contribution is 0.253. The van der Waals surface area contributed by atoms with Crippen molar-refractivity contribution in [2.24, 2.45) is 0 Å². The molecule has 0 aliphatic rings. The van der Waals surface area contributed by atoms with E-state index in [2.05, 4.69) is 56.2 Å². The third-order valence-corrected chi connectivity index (χ3v) is 2.78. The fourth-order valence-electron chi connectivity index (χ4n) is 1.69. The normalized spacial score (nSPS) is 15.3. The Morgan fingerprint density at radius 1 is 1.18 bits per heavy atom. The second kappa shape index (κ2) is 7.65. The molecule has 1 unspecified atom stereocenters. The molecule has 0 amide bonds. The van der Waals surface area contributed by atoms with Crippen molar-refractivity contribution < 1.29 is 0 Å². The van der Waals surface area contributed by atoms with Gasteiger partial charge in [0.2, 0.25) is 0 Å². The molecule has 4 heteroatoms. The molecule has 0 aromatic heterocycles. The molecule has 0 saturated carbocycles. The van der Waals surface area contributed by atoms with Crippen molar-refractivity contribution >= 4 is 0 Å². The van der Waals surface area contributed by atoms with Gasteiger partial charge in [0.25, 0.3) is 0 Å². The minimum atomic E-state index is -0.416. The molecular formula is C13H28N4. The van der Waals surface area contributed by atoms with E-state index in [9.17, 15) is 5.26 Å². The van der Waals surface area contributed by atoms with Crippen molar-refractivity contribution in [2.75, 3.05) is 40.8 Å². The van der Waals surface area contributed by atoms with Gasteiger partial charge >= 0.3 is 0 Å². The quantitative estimate of drug-likeness (QED) is 0.691. The minimum Gasteiger partial charge on any atom is -0.308 e. The second-order valence-corrected chi connectivity index (χ2v) is 5.60. The maximum Gasteiger partial charge on any atom is 0.105 e. The van der Waals surface area contributed by atoms with E-state index in [1.165, 1.54) is 0 Å². The number of likely N-dealkylation sites (N-methyl/N-ethyl adjacent to an activating group) is 2. The van der Waals surface area contributed by atoms with Crippen molar-refractivity contribution in [3.8, 4) is 6.07 Å². The van der Waals surface area contributed by atoms with Crippen LogP contribution < -0.4 is 5.32 Å². The third-order valence-electron chi connectivity index (χ3n) is 2.78. The van der Waals surface area contributed by atoms with Crippen LogP contribution in [-0.2, 0) is 0 Å². The highest BCUT2D eigenvalue weighted by Gasteiger charge is 2.24. The predicted molar refractivity (Wildman–Crippen MR) is 73.0 cm³/mol. The van der Waals surface area contributed by atoms with Crippen molar-refractivity contribution in [3.63, 3.8) is 0 Å². The highest BCUT2D eigenvalue weighted by Crippen LogP contribution is 2.10. The SMILES string of the molecule is CC(C)NC(C)(C#N)CCN(C)CCN(C)C. The second-order valence-electron chi connectivity index (χ2n) is 5.60. The average molecular weight is 240 g/mol. The van der Waals surface area contributed by atoms with Gasteiger partial charge in [0.1, 0.15) is 5.54 Å². The van der Waals surface area contributed by atoms with Crippen molar-refractivity contribution in [1.29, 1.82) is 5.26 Å². The summed E-state index contributed by atoms with van der Waals surface area (Å²) in [4.78, 5) is 4.45. The Morgan fingerprint density at radius 2 is 1.76 bits per heavy atom. The highest BCUT2D eigenvalue weighted by atomic mass is 15.2. The molecule has 0 bridgehead atoms. The summed E-state index contributed by atoms with van der Waals surface area (Å²) in [5.41, 5.74) is -0.416. The summed E-state index contributed by atoms with van der Waals surface area (Å²) in [5.74, 6) is 0. The van der Waals surface area contributed by atoms with E-state index < -0.39 is 5.54 Å². The molecule has 0 rings (SSSR count). The Labute approximate surface area is 107 Å². The molecule has 17 heavy (non-hydrogen) atoms. The van der Waals surface area contributed by atoms with Crippen LogP contribution in [0.25, 0.3) is 0 Å². The van der Waals surface area contributed by atoms with Gasteiger partial charge in [0.15, 0.2) is 0 Å². The molecule has 0 spiro atoms. The lowest BCUT2D eigenvalue weighted by Crippen LogP contribution is -2.47. The maximum atomic E-state index is 9.23. The van der Waals surface area contributed by atoms with Crippen molar-refractivity contribution in [1.82, 2.24) is 15.1 Å². The molecular weight excluding hydrogens is 212 g/mol. The third kappa shape index (κ3) is 8.14. The number of nitrogens with zero attached hydrogens (tertiary/aromatic N) is 3. The molecule has 100 valence electrons. The monoisotopic (exact) mass is 240 g/mol. The molecule has 0 fully saturated rings. The first-order valence-electron chi connectivity index (χ1n) is 6.31. The summed E-state index contributed by atoms with van der Waals surface area (Å²) < 4.78 is 0. The first kappa shape index (κ1) is 16.4. The van der Waals surface area contributed by atoms with Gasteiger partial charge in [-0.15, -0.1) is 0 Å². The molecule has 0 aliphatic carbocycles. The number of nitrogens with one attached hydrogen (secondary N) is 1. The van der Waals surface area contributed by atoms with E-state index in [1.807, 2.05) is 6.92 Å². The van der Waals surface area contributed by atoms with Gasteiger partial charge in [-0.2, -0.15) is 5.26 Å². The van der Waals surface area contributed by atoms with Crippen LogP contribution in [0.2, 0.25) is 0 Å². The number of hydrogen-bond acceptors (Lipinski definition) is 4. The van der Waals surface area contributed by atoms with E-state index in [-0.39, 0.29) is 0 Å². The summed E-state index contributed by atoms with van der Waals surface area (Å²) in [6, 6.07) is 2.72. The van der Waals surface area contributed by atoms with Gasteiger partial charge in [0.05, 0.1) is 6.07 Å². The zero-order chi connectivity index (χ0) is 13.5. The molecule has 1 N–H and O–H groups in total. The maximum absolute atomic E-state index is 9.23. The Balaban J connectivity index is 4.02. The van der Waals surface area contributed by atoms with E-state index in [0.29, 0.717) is 6.04 Å². The summed E-state index contributed by atoms with van der Waals surface area (Å²) >= 11 is 0. The molecule has 1 atom stereocenters. The lowest BCUT2D eigenvalue weighted by atomic mass is 9.98. The van der Waals surface area contributed by atoms with Crippen LogP contribution in [0.15, 0.2) is 0 Å². The average Bonchev–Trinajstić information content (AvgIpc) is 2.22. The standard InChI is InChI=1S/C13H28N4/c1-12(2)15-13(3,11-14)7-8-17(6)10-9-16(4)5/h12,15H,7-10H2,1-6H3. The minimum absolute atomic E-state index is 0.340. The number of rotatable bonds is 8. The topological polar surface area (TPSA) is 42.3 Å². The Bertz CT molecular complexity index is 244. The van der Waals surface area contributed by atoms with Gasteiger partial charge in [0, 0.05) is 25.7 Å². The summed E-state index contributed by atoms with van der Waals surface area (Å²) in [5, 5.41) is 12.6. The van der Waals surface area contributed by atoms with Crippen molar-refractivity contribution in [2.45, 2.75) is 38.8 Å². The molecule has 4 nitrogen and oxygen atoms in total. The van der Waals surface area contributed by atoms with Crippen LogP contribution in [0, 0.1) is 11.3 Å². The fraction of sp³-hybridized carbons (Fsp3) is 0.923. The first-order valence-corrected chi connectivity index (χ1v) is 6.31. The van der Waals surface area contributed by atoms with Crippen LogP contribution in [0.5, 0.6) is 0 Å². The largest absolute Gasteiger partial charge is 0.308 e. The number of nitriles is 1. The molecule has 0 heterocycles. The van der Waals surface area contributed by atoms with Crippen LogP contribution in [-0.4, -0.2) is 62.2 Å². The van der Waals surface area contributed by atoms with E-state index in [0.717, 1.165) is 26.1 Å². The van der Waals surface area contributed by atoms with Gasteiger partial charge in [-0.25, -0.2) is 0 Å². The Kier molecular flexibility index (Phi) is 7.37. The van der Waals surface area contributed by atoms with E-state index >= 15 is 0 Å². The smallest absolute Gasteiger partial charge is 0.105 e. The van der Waals surface area contributed by atoms with Gasteiger partial charge in [-0.05, 0) is 48.3 Å². The summed E-state index contributed by atoms with van der Waals surface area (Å²) in [6.07, 6.45) is 0.853.